The topological polar surface area (TPSA) is 12.9 Å². The molecule has 6 aromatic rings. The molecule has 44 heavy (non-hydrogen) atoms. The number of hydrogen-bond donors (Lipinski definition) is 0. The van der Waals surface area contributed by atoms with Crippen molar-refractivity contribution in [1.29, 1.82) is 0 Å². The van der Waals surface area contributed by atoms with E-state index in [2.05, 4.69) is 134 Å². The minimum atomic E-state index is -4.92. The van der Waals surface area contributed by atoms with Crippen LogP contribution in [0, 0.1) is 0 Å². The van der Waals surface area contributed by atoms with Crippen LogP contribution in [0.15, 0.2) is 128 Å². The van der Waals surface area contributed by atoms with Gasteiger partial charge < -0.3 is 0 Å². The summed E-state index contributed by atoms with van der Waals surface area (Å²) in [6, 6.07) is 43.6. The first kappa shape index (κ1) is 28.4. The van der Waals surface area contributed by atoms with Gasteiger partial charge in [0.2, 0.25) is 0 Å². The summed E-state index contributed by atoms with van der Waals surface area (Å²) in [5.74, 6) is -1.68. The average Bonchev–Trinajstić information content (AvgIpc) is 3.65. The Bertz CT molecular complexity index is 2140. The van der Waals surface area contributed by atoms with Gasteiger partial charge in [-0.15, -0.1) is 0 Å². The predicted octanol–water partition coefficient (Wildman–Crippen LogP) is 10.4. The SMILES string of the molecule is C[SiH](C)[Zr]([Cl])([Cl])([c]1cccc2c1Cc1ccccc1-2)[CH]1C(c2ccccc2)=Cc2c(-c3cnc4ccccc4c3)cccc21. The molecule has 0 aliphatic heterocycles. The van der Waals surface area contributed by atoms with Crippen molar-refractivity contribution in [3.05, 3.63) is 155 Å². The Morgan fingerprint density at radius 2 is 1.41 bits per heavy atom. The molecule has 1 atom stereocenters. The Balaban J connectivity index is 1.39. The van der Waals surface area contributed by atoms with Gasteiger partial charge in [0.15, 0.2) is 0 Å². The van der Waals surface area contributed by atoms with Crippen LogP contribution in [0.3, 0.4) is 0 Å². The molecular formula is C39H32Cl2NSiZr. The Labute approximate surface area is 268 Å². The van der Waals surface area contributed by atoms with Gasteiger partial charge in [-0.05, 0) is 0 Å². The number of halogens is 2. The summed E-state index contributed by atoms with van der Waals surface area (Å²) >= 11 is -4.92. The van der Waals surface area contributed by atoms with Crippen molar-refractivity contribution < 1.29 is 15.6 Å². The second-order valence-electron chi connectivity index (χ2n) is 12.6. The Morgan fingerprint density at radius 1 is 0.705 bits per heavy atom. The van der Waals surface area contributed by atoms with Crippen LogP contribution in [-0.4, -0.2) is 10.9 Å². The molecule has 2 aliphatic rings. The van der Waals surface area contributed by atoms with E-state index in [9.17, 15) is 0 Å². The van der Waals surface area contributed by atoms with E-state index in [4.69, 9.17) is 22.0 Å². The number of benzene rings is 5. The Kier molecular flexibility index (Phi) is 6.78. The molecule has 5 heteroatoms. The maximum atomic E-state index is 8.52. The summed E-state index contributed by atoms with van der Waals surface area (Å²) in [5.41, 5.74) is 13.6. The molecule has 8 rings (SSSR count). The van der Waals surface area contributed by atoms with E-state index in [0.29, 0.717) is 0 Å². The fourth-order valence-electron chi connectivity index (χ4n) is 7.73. The molecule has 0 bridgehead atoms. The third-order valence-corrected chi connectivity index (χ3v) is 59.9. The van der Waals surface area contributed by atoms with E-state index >= 15 is 0 Å². The van der Waals surface area contributed by atoms with Gasteiger partial charge in [0, 0.05) is 0 Å². The van der Waals surface area contributed by atoms with Crippen molar-refractivity contribution in [1.82, 2.24) is 4.98 Å². The molecular weight excluding hydrogens is 673 g/mol. The van der Waals surface area contributed by atoms with Gasteiger partial charge in [0.05, 0.1) is 0 Å². The van der Waals surface area contributed by atoms with Gasteiger partial charge >= 0.3 is 270 Å². The zero-order chi connectivity index (χ0) is 30.1. The summed E-state index contributed by atoms with van der Waals surface area (Å²) in [5, 5.41) is 1.14. The van der Waals surface area contributed by atoms with Crippen LogP contribution in [0.1, 0.15) is 31.4 Å². The normalized spacial score (nSPS) is 16.2. The van der Waals surface area contributed by atoms with Crippen molar-refractivity contribution >= 4 is 48.8 Å². The van der Waals surface area contributed by atoms with Gasteiger partial charge in [-0.3, -0.25) is 0 Å². The van der Waals surface area contributed by atoms with Gasteiger partial charge in [-0.1, -0.05) is 0 Å². The number of nitrogens with zero attached hydrogens (tertiary/aromatic N) is 1. The molecule has 0 fully saturated rings. The quantitative estimate of drug-likeness (QED) is 0.163. The standard InChI is InChI=1S/C24H16N.C13H9.C2H7Si.2ClH.Zr/c1-2-7-17(8-3-1)20-13-18-10-6-11-22(23(18)15-20)21-14-19-9-4-5-12-24(19)25-16-21;1-3-7-12-10(5-1)9-11-6-2-4-8-13(11)12;1-3-2;;;/h1-16H;1-5,7-8H,9H2;3H,1-2H3;2*1H;/q;;;;;+2/p-2. The van der Waals surface area contributed by atoms with Gasteiger partial charge in [-0.2, -0.15) is 0 Å². The molecule has 0 N–H and O–H groups in total. The average molecular weight is 705 g/mol. The van der Waals surface area contributed by atoms with Crippen molar-refractivity contribution in [3.63, 3.8) is 0 Å². The zero-order valence-corrected chi connectivity index (χ0v) is 29.9. The van der Waals surface area contributed by atoms with Crippen LogP contribution in [-0.2, 0) is 22.0 Å². The molecule has 1 nitrogen and oxygen atoms in total. The fourth-order valence-corrected chi connectivity index (χ4v) is 34.9. The molecule has 0 amide bonds. The molecule has 215 valence electrons. The summed E-state index contributed by atoms with van der Waals surface area (Å²) in [4.78, 5) is 4.82. The molecule has 0 spiro atoms. The molecule has 5 aromatic carbocycles. The van der Waals surface area contributed by atoms with E-state index in [1.54, 1.807) is 0 Å². The van der Waals surface area contributed by atoms with Crippen molar-refractivity contribution in [2.75, 3.05) is 0 Å². The number of pyridine rings is 1. The summed E-state index contributed by atoms with van der Waals surface area (Å²) in [6.07, 6.45) is 5.29. The Hall–Kier alpha value is -3.07. The Morgan fingerprint density at radius 3 is 2.25 bits per heavy atom. The van der Waals surface area contributed by atoms with E-state index in [1.807, 2.05) is 12.3 Å². The number of hydrogen-bond acceptors (Lipinski definition) is 1. The molecule has 2 aliphatic carbocycles. The van der Waals surface area contributed by atoms with Crippen molar-refractivity contribution in [3.8, 4) is 22.3 Å². The summed E-state index contributed by atoms with van der Waals surface area (Å²) in [7, 11) is 17.0. The van der Waals surface area contributed by atoms with Crippen molar-refractivity contribution in [2.45, 2.75) is 23.1 Å². The minimum absolute atomic E-state index is 0.0487. The molecule has 1 heterocycles. The first-order valence-electron chi connectivity index (χ1n) is 15.4. The second kappa shape index (κ2) is 10.5. The zero-order valence-electron chi connectivity index (χ0n) is 24.8. The molecule has 1 aromatic heterocycles. The monoisotopic (exact) mass is 702 g/mol. The second-order valence-corrected chi connectivity index (χ2v) is 54.0. The first-order chi connectivity index (χ1) is 21.3. The number of allylic oxidation sites excluding steroid dienone is 1. The number of aromatic nitrogens is 1. The van der Waals surface area contributed by atoms with E-state index in [1.165, 1.54) is 53.4 Å². The third-order valence-electron chi connectivity index (χ3n) is 10.0. The molecule has 0 radical (unpaired) electrons. The van der Waals surface area contributed by atoms with Crippen LogP contribution in [0.25, 0.3) is 44.8 Å². The van der Waals surface area contributed by atoms with Crippen LogP contribution in [0.2, 0.25) is 13.1 Å². The van der Waals surface area contributed by atoms with Gasteiger partial charge in [0.1, 0.15) is 0 Å². The predicted molar refractivity (Wildman–Crippen MR) is 189 cm³/mol. The fraction of sp³-hybridized carbons (Fsp3) is 0.103. The van der Waals surface area contributed by atoms with Crippen LogP contribution < -0.4 is 3.27 Å². The molecule has 0 saturated carbocycles. The number of rotatable bonds is 5. The van der Waals surface area contributed by atoms with Crippen LogP contribution in [0.5, 0.6) is 0 Å². The van der Waals surface area contributed by atoms with E-state index in [-0.39, 0.29) is 3.63 Å². The molecule has 1 unspecified atom stereocenters. The van der Waals surface area contributed by atoms with Gasteiger partial charge in [-0.25, -0.2) is 0 Å². The van der Waals surface area contributed by atoms with Gasteiger partial charge in [0.25, 0.3) is 0 Å². The first-order valence-corrected chi connectivity index (χ1v) is 31.5. The van der Waals surface area contributed by atoms with E-state index in [0.717, 1.165) is 22.9 Å². The molecule has 0 saturated heterocycles. The summed E-state index contributed by atoms with van der Waals surface area (Å²) in [6.45, 7) is 4.79. The van der Waals surface area contributed by atoms with E-state index < -0.39 is 21.5 Å². The number of para-hydroxylation sites is 1. The maximum absolute atomic E-state index is 8.52. The van der Waals surface area contributed by atoms with Crippen LogP contribution >= 0.6 is 17.0 Å². The number of fused-ring (bicyclic) bond motifs is 5. The third kappa shape index (κ3) is 4.17. The van der Waals surface area contributed by atoms with Crippen LogP contribution in [0.4, 0.5) is 0 Å². The summed E-state index contributed by atoms with van der Waals surface area (Å²) < 4.78 is 1.22. The van der Waals surface area contributed by atoms with Crippen molar-refractivity contribution in [2.24, 2.45) is 0 Å².